The summed E-state index contributed by atoms with van der Waals surface area (Å²) in [6.07, 6.45) is 1.93. The van der Waals surface area contributed by atoms with E-state index in [2.05, 4.69) is 20.5 Å². The minimum atomic E-state index is -0.669. The molecule has 1 aliphatic heterocycles. The molecular formula is C19H20ClN7O2. The van der Waals surface area contributed by atoms with Crippen molar-refractivity contribution >= 4 is 29.2 Å². The summed E-state index contributed by atoms with van der Waals surface area (Å²) in [6, 6.07) is 8.54. The average Bonchev–Trinajstić information content (AvgIpc) is 3.29. The molecule has 29 heavy (non-hydrogen) atoms. The summed E-state index contributed by atoms with van der Waals surface area (Å²) < 4.78 is 3.34. The maximum Gasteiger partial charge on any atom is 0.291 e. The number of aromatic nitrogens is 5. The Bertz CT molecular complexity index is 1060. The third-order valence-corrected chi connectivity index (χ3v) is 5.04. The van der Waals surface area contributed by atoms with Gasteiger partial charge in [-0.15, -0.1) is 5.10 Å². The monoisotopic (exact) mass is 413 g/mol. The lowest BCUT2D eigenvalue weighted by Crippen LogP contribution is -2.47. The van der Waals surface area contributed by atoms with Crippen LogP contribution in [0.3, 0.4) is 0 Å². The predicted octanol–water partition coefficient (Wildman–Crippen LogP) is 1.65. The van der Waals surface area contributed by atoms with E-state index in [0.29, 0.717) is 24.5 Å². The van der Waals surface area contributed by atoms with Crippen molar-refractivity contribution in [1.82, 2.24) is 29.9 Å². The number of halogens is 1. The van der Waals surface area contributed by atoms with Crippen LogP contribution in [-0.2, 0) is 17.9 Å². The second-order valence-electron chi connectivity index (χ2n) is 6.97. The highest BCUT2D eigenvalue weighted by Gasteiger charge is 2.31. The van der Waals surface area contributed by atoms with Crippen molar-refractivity contribution in [2.75, 3.05) is 11.9 Å². The molecule has 0 bridgehead atoms. The van der Waals surface area contributed by atoms with Gasteiger partial charge in [-0.25, -0.2) is 14.3 Å². The molecule has 0 saturated carbocycles. The highest BCUT2D eigenvalue weighted by molar-refractivity contribution is 6.30. The van der Waals surface area contributed by atoms with Crippen LogP contribution in [0.25, 0.3) is 0 Å². The Labute approximate surface area is 172 Å². The zero-order chi connectivity index (χ0) is 20.5. The molecule has 0 unspecified atom stereocenters. The lowest BCUT2D eigenvalue weighted by Gasteiger charge is -2.19. The number of nitrogens with one attached hydrogen (secondary N) is 1. The number of aryl methyl sites for hydroxylation is 2. The van der Waals surface area contributed by atoms with Gasteiger partial charge in [0.2, 0.25) is 5.82 Å². The lowest BCUT2D eigenvalue weighted by atomic mass is 10.2. The topological polar surface area (TPSA) is 97.9 Å². The number of rotatable bonds is 4. The van der Waals surface area contributed by atoms with Crippen LogP contribution in [0.1, 0.15) is 28.3 Å². The summed E-state index contributed by atoms with van der Waals surface area (Å²) in [7, 11) is 1.68. The number of hydrogen-bond acceptors (Lipinski definition) is 5. The van der Waals surface area contributed by atoms with Crippen molar-refractivity contribution in [2.45, 2.75) is 32.5 Å². The second kappa shape index (κ2) is 7.67. The number of anilines is 1. The molecule has 1 aliphatic rings. The first-order valence-corrected chi connectivity index (χ1v) is 9.55. The zero-order valence-electron chi connectivity index (χ0n) is 16.0. The van der Waals surface area contributed by atoms with Crippen LogP contribution in [0.4, 0.5) is 5.82 Å². The summed E-state index contributed by atoms with van der Waals surface area (Å²) in [5.41, 5.74) is 1.83. The van der Waals surface area contributed by atoms with Crippen molar-refractivity contribution in [3.8, 4) is 0 Å². The highest BCUT2D eigenvalue weighted by Crippen LogP contribution is 2.21. The lowest BCUT2D eigenvalue weighted by molar-refractivity contribution is -0.120. The number of likely N-dealkylation sites (N-methyl/N-ethyl adjacent to an activating group) is 1. The molecule has 2 amide bonds. The van der Waals surface area contributed by atoms with Gasteiger partial charge in [0.25, 0.3) is 11.8 Å². The molecule has 0 radical (unpaired) electrons. The molecule has 3 heterocycles. The molecule has 9 nitrogen and oxygen atoms in total. The van der Waals surface area contributed by atoms with E-state index in [1.54, 1.807) is 28.5 Å². The molecule has 4 rings (SSSR count). The Morgan fingerprint density at radius 3 is 2.79 bits per heavy atom. The number of nitrogens with zero attached hydrogens (tertiary/aromatic N) is 6. The molecule has 1 atom stereocenters. The molecule has 0 spiro atoms. The predicted molar refractivity (Wildman–Crippen MR) is 107 cm³/mol. The van der Waals surface area contributed by atoms with E-state index in [1.807, 2.05) is 25.1 Å². The Balaban J connectivity index is 1.43. The minimum Gasteiger partial charge on any atom is -0.337 e. The second-order valence-corrected chi connectivity index (χ2v) is 7.41. The fraction of sp³-hybridized carbons (Fsp3) is 0.316. The Morgan fingerprint density at radius 2 is 2.03 bits per heavy atom. The van der Waals surface area contributed by atoms with E-state index in [9.17, 15) is 9.59 Å². The van der Waals surface area contributed by atoms with Gasteiger partial charge in [-0.3, -0.25) is 14.5 Å². The normalized spacial score (nSPS) is 16.4. The Kier molecular flexibility index (Phi) is 5.06. The van der Waals surface area contributed by atoms with Gasteiger partial charge in [0.05, 0.1) is 12.2 Å². The van der Waals surface area contributed by atoms with E-state index in [4.69, 9.17) is 11.6 Å². The van der Waals surface area contributed by atoms with Gasteiger partial charge in [-0.05, 0) is 31.0 Å². The Hall–Kier alpha value is -3.20. The summed E-state index contributed by atoms with van der Waals surface area (Å²) in [6.45, 7) is 2.87. The van der Waals surface area contributed by atoms with Crippen molar-refractivity contribution in [3.63, 3.8) is 0 Å². The van der Waals surface area contributed by atoms with Crippen LogP contribution in [0, 0.1) is 6.92 Å². The number of hydrogen-bond donors (Lipinski definition) is 1. The molecule has 10 heteroatoms. The van der Waals surface area contributed by atoms with Gasteiger partial charge >= 0.3 is 0 Å². The van der Waals surface area contributed by atoms with Crippen LogP contribution >= 0.6 is 11.6 Å². The maximum atomic E-state index is 12.8. The first kappa shape index (κ1) is 19.1. The number of carbonyl (C=O) groups is 2. The molecule has 150 valence electrons. The number of amides is 2. The third kappa shape index (κ3) is 4.00. The van der Waals surface area contributed by atoms with Gasteiger partial charge in [-0.1, -0.05) is 23.7 Å². The summed E-state index contributed by atoms with van der Waals surface area (Å²) in [5.74, 6) is 0.0572. The van der Waals surface area contributed by atoms with Crippen molar-refractivity contribution < 1.29 is 9.59 Å². The molecule has 3 aromatic rings. The number of carbonyl (C=O) groups excluding carboxylic acids is 2. The van der Waals surface area contributed by atoms with Crippen LogP contribution < -0.4 is 10.2 Å². The summed E-state index contributed by atoms with van der Waals surface area (Å²) >= 11 is 5.89. The van der Waals surface area contributed by atoms with E-state index in [-0.39, 0.29) is 11.7 Å². The third-order valence-electron chi connectivity index (χ3n) is 4.79. The average molecular weight is 414 g/mol. The van der Waals surface area contributed by atoms with Gasteiger partial charge in [-0.2, -0.15) is 5.10 Å². The summed E-state index contributed by atoms with van der Waals surface area (Å²) in [5, 5.41) is 12.0. The van der Waals surface area contributed by atoms with Crippen molar-refractivity contribution in [1.29, 1.82) is 0 Å². The fourth-order valence-corrected chi connectivity index (χ4v) is 3.42. The highest BCUT2D eigenvalue weighted by atomic mass is 35.5. The molecule has 2 aromatic heterocycles. The first-order chi connectivity index (χ1) is 13.9. The van der Waals surface area contributed by atoms with Crippen molar-refractivity contribution in [2.24, 2.45) is 0 Å². The molecule has 0 aliphatic carbocycles. The van der Waals surface area contributed by atoms with Gasteiger partial charge in [0.15, 0.2) is 0 Å². The molecular weight excluding hydrogens is 394 g/mol. The number of benzene rings is 1. The van der Waals surface area contributed by atoms with Gasteiger partial charge in [0.1, 0.15) is 18.2 Å². The molecule has 0 saturated heterocycles. The Morgan fingerprint density at radius 1 is 1.28 bits per heavy atom. The van der Waals surface area contributed by atoms with E-state index in [0.717, 1.165) is 17.1 Å². The smallest absolute Gasteiger partial charge is 0.291 e. The molecule has 1 N–H and O–H groups in total. The van der Waals surface area contributed by atoms with E-state index in [1.165, 1.54) is 11.2 Å². The van der Waals surface area contributed by atoms with Gasteiger partial charge < -0.3 is 5.32 Å². The van der Waals surface area contributed by atoms with E-state index >= 15 is 0 Å². The first-order valence-electron chi connectivity index (χ1n) is 9.17. The van der Waals surface area contributed by atoms with Crippen LogP contribution in [0.2, 0.25) is 5.02 Å². The largest absolute Gasteiger partial charge is 0.337 e. The van der Waals surface area contributed by atoms with Crippen LogP contribution in [0.15, 0.2) is 36.7 Å². The fourth-order valence-electron chi connectivity index (χ4n) is 3.30. The minimum absolute atomic E-state index is 0.0206. The van der Waals surface area contributed by atoms with E-state index < -0.39 is 11.9 Å². The van der Waals surface area contributed by atoms with Gasteiger partial charge in [0, 0.05) is 24.7 Å². The quantitative estimate of drug-likeness (QED) is 0.701. The standard InChI is InChI=1S/C19H20ClN7O2/c1-12-9-16-25(2)19(29)15(7-8-27(16)23-12)22-18(28)17-21-11-26(24-17)10-13-3-5-14(20)6-4-13/h3-6,9,11,15H,7-8,10H2,1-2H3,(H,22,28)/t15-/m0/s1. The molecule has 0 fully saturated rings. The SMILES string of the molecule is Cc1cc2n(n1)CC[C@H](NC(=O)c1ncn(Cc3ccc(Cl)cc3)n1)C(=O)N2C. The maximum absolute atomic E-state index is 12.8. The number of fused-ring (bicyclic) bond motifs is 1. The summed E-state index contributed by atoms with van der Waals surface area (Å²) in [4.78, 5) is 31.0. The van der Waals surface area contributed by atoms with Crippen LogP contribution in [0.5, 0.6) is 0 Å². The molecule has 1 aromatic carbocycles. The van der Waals surface area contributed by atoms with Crippen LogP contribution in [-0.4, -0.2) is 49.4 Å². The van der Waals surface area contributed by atoms with Crippen molar-refractivity contribution in [3.05, 3.63) is 58.8 Å². The zero-order valence-corrected chi connectivity index (χ0v) is 16.8.